The molecule has 9 heteroatoms. The molecule has 0 aliphatic carbocycles. The van der Waals surface area contributed by atoms with Gasteiger partial charge in [-0.25, -0.2) is 14.2 Å². The average molecular weight is 622 g/mol. The number of halogens is 1. The van der Waals surface area contributed by atoms with Crippen LogP contribution >= 0.6 is 0 Å². The Morgan fingerprint density at radius 2 is 1.71 bits per heavy atom. The number of pyridine rings is 1. The first kappa shape index (κ1) is 34.2. The summed E-state index contributed by atoms with van der Waals surface area (Å²) in [6, 6.07) is 14.2. The SMILES string of the molecule is COCCNc1nc(C)c(C(OC(C)(C)C)C(=O)O)c(N2CCC(C)(C)CC2)c1-c1ccc(OCCc2ccc(F)cc2)cc1. The van der Waals surface area contributed by atoms with Gasteiger partial charge in [0.1, 0.15) is 17.4 Å². The van der Waals surface area contributed by atoms with Crippen molar-refractivity contribution in [2.45, 2.75) is 72.5 Å². The van der Waals surface area contributed by atoms with Crippen molar-refractivity contribution in [2.75, 3.05) is 50.2 Å². The maximum atomic E-state index is 13.3. The quantitative estimate of drug-likeness (QED) is 0.190. The summed E-state index contributed by atoms with van der Waals surface area (Å²) in [5, 5.41) is 14.0. The van der Waals surface area contributed by atoms with Crippen molar-refractivity contribution >= 4 is 17.5 Å². The van der Waals surface area contributed by atoms with Gasteiger partial charge in [0.25, 0.3) is 0 Å². The molecule has 0 radical (unpaired) electrons. The van der Waals surface area contributed by atoms with Gasteiger partial charge in [0, 0.05) is 50.0 Å². The van der Waals surface area contributed by atoms with Crippen LogP contribution in [0.25, 0.3) is 11.1 Å². The number of nitrogens with one attached hydrogen (secondary N) is 1. The first-order valence-corrected chi connectivity index (χ1v) is 15.7. The number of anilines is 2. The minimum absolute atomic E-state index is 0.194. The molecule has 4 rings (SSSR count). The first-order chi connectivity index (χ1) is 21.3. The van der Waals surface area contributed by atoms with Gasteiger partial charge in [0.05, 0.1) is 24.5 Å². The fraction of sp³-hybridized carbons (Fsp3) is 0.500. The van der Waals surface area contributed by atoms with Crippen molar-refractivity contribution in [1.29, 1.82) is 0 Å². The number of carbonyl (C=O) groups is 1. The highest BCUT2D eigenvalue weighted by Gasteiger charge is 2.37. The number of benzene rings is 2. The topological polar surface area (TPSA) is 93.1 Å². The van der Waals surface area contributed by atoms with Crippen molar-refractivity contribution in [3.63, 3.8) is 0 Å². The number of rotatable bonds is 13. The summed E-state index contributed by atoms with van der Waals surface area (Å²) in [7, 11) is 1.65. The molecule has 2 aromatic carbocycles. The standard InChI is InChI=1S/C36H48FN3O5/c1-24-29(32(34(41)42)45-35(2,3)4)31(40-20-17-36(5,6)18-21-40)30(33(39-24)38-19-23-43-7)26-10-14-28(15-11-26)44-22-16-25-8-12-27(37)13-9-25/h8-15,32H,16-23H2,1-7H3,(H,38,39)(H,41,42). The third-order valence-electron chi connectivity index (χ3n) is 8.10. The molecule has 0 spiro atoms. The van der Waals surface area contributed by atoms with Crippen LogP contribution in [0.4, 0.5) is 15.9 Å². The molecule has 1 aliphatic rings. The smallest absolute Gasteiger partial charge is 0.337 e. The Balaban J connectivity index is 1.79. The Morgan fingerprint density at radius 3 is 2.29 bits per heavy atom. The lowest BCUT2D eigenvalue weighted by Gasteiger charge is -2.41. The number of carboxylic acid groups (broad SMARTS) is 1. The molecule has 2 N–H and O–H groups in total. The van der Waals surface area contributed by atoms with E-state index in [4.69, 9.17) is 19.2 Å². The highest BCUT2D eigenvalue weighted by atomic mass is 19.1. The third kappa shape index (κ3) is 9.17. The van der Waals surface area contributed by atoms with Crippen LogP contribution in [0.5, 0.6) is 5.75 Å². The number of piperidine rings is 1. The van der Waals surface area contributed by atoms with Gasteiger partial charge in [-0.2, -0.15) is 0 Å². The van der Waals surface area contributed by atoms with Crippen molar-refractivity contribution in [2.24, 2.45) is 5.41 Å². The second-order valence-electron chi connectivity index (χ2n) is 13.5. The first-order valence-electron chi connectivity index (χ1n) is 15.7. The maximum Gasteiger partial charge on any atom is 0.337 e. The molecule has 2 heterocycles. The van der Waals surface area contributed by atoms with Crippen LogP contribution in [0.15, 0.2) is 48.5 Å². The molecule has 1 saturated heterocycles. The summed E-state index contributed by atoms with van der Waals surface area (Å²) in [6.07, 6.45) is 1.39. The molecule has 1 unspecified atom stereocenters. The number of carboxylic acids is 1. The lowest BCUT2D eigenvalue weighted by molar-refractivity contribution is -0.160. The summed E-state index contributed by atoms with van der Waals surface area (Å²) in [6.45, 7) is 15.0. The van der Waals surface area contributed by atoms with E-state index in [1.54, 1.807) is 19.2 Å². The molecule has 3 aromatic rings. The van der Waals surface area contributed by atoms with E-state index < -0.39 is 17.7 Å². The monoisotopic (exact) mass is 621 g/mol. The number of aromatic nitrogens is 1. The largest absolute Gasteiger partial charge is 0.493 e. The number of methoxy groups -OCH3 is 1. The van der Waals surface area contributed by atoms with E-state index in [-0.39, 0.29) is 11.2 Å². The maximum absolute atomic E-state index is 13.3. The van der Waals surface area contributed by atoms with E-state index in [2.05, 4.69) is 24.1 Å². The normalized spacial score (nSPS) is 15.5. The Morgan fingerprint density at radius 1 is 1.07 bits per heavy atom. The van der Waals surface area contributed by atoms with Gasteiger partial charge >= 0.3 is 5.97 Å². The summed E-state index contributed by atoms with van der Waals surface area (Å²) in [4.78, 5) is 20.1. The lowest BCUT2D eigenvalue weighted by Crippen LogP contribution is -2.39. The summed E-state index contributed by atoms with van der Waals surface area (Å²) >= 11 is 0. The van der Waals surface area contributed by atoms with E-state index in [1.165, 1.54) is 12.1 Å². The summed E-state index contributed by atoms with van der Waals surface area (Å²) < 4.78 is 30.8. The van der Waals surface area contributed by atoms with E-state index >= 15 is 0 Å². The van der Waals surface area contributed by atoms with Crippen LogP contribution in [0.1, 0.15) is 70.4 Å². The van der Waals surface area contributed by atoms with E-state index in [9.17, 15) is 14.3 Å². The van der Waals surface area contributed by atoms with Gasteiger partial charge in [-0.3, -0.25) is 0 Å². The van der Waals surface area contributed by atoms with Crippen LogP contribution in [0, 0.1) is 18.2 Å². The molecular weight excluding hydrogens is 573 g/mol. The minimum atomic E-state index is -1.21. The summed E-state index contributed by atoms with van der Waals surface area (Å²) in [5.41, 5.74) is 4.22. The molecule has 0 saturated carbocycles. The molecular formula is C36H48FN3O5. The van der Waals surface area contributed by atoms with Gasteiger partial charge in [0.15, 0.2) is 6.10 Å². The number of hydrogen-bond acceptors (Lipinski definition) is 7. The second-order valence-corrected chi connectivity index (χ2v) is 13.5. The molecule has 0 amide bonds. The Labute approximate surface area is 266 Å². The molecule has 1 aromatic heterocycles. The van der Waals surface area contributed by atoms with E-state index in [0.717, 1.165) is 48.3 Å². The molecule has 45 heavy (non-hydrogen) atoms. The van der Waals surface area contributed by atoms with Crippen molar-refractivity contribution < 1.29 is 28.5 Å². The number of aliphatic carboxylic acids is 1. The van der Waals surface area contributed by atoms with Crippen molar-refractivity contribution in [1.82, 2.24) is 4.98 Å². The van der Waals surface area contributed by atoms with Crippen LogP contribution in [-0.4, -0.2) is 61.6 Å². The molecule has 244 valence electrons. The van der Waals surface area contributed by atoms with Gasteiger partial charge in [-0.1, -0.05) is 38.1 Å². The third-order valence-corrected chi connectivity index (χ3v) is 8.10. The van der Waals surface area contributed by atoms with Gasteiger partial charge in [-0.05, 0) is 81.3 Å². The van der Waals surface area contributed by atoms with Crippen molar-refractivity contribution in [3.05, 3.63) is 71.2 Å². The van der Waals surface area contributed by atoms with E-state index in [1.807, 2.05) is 52.0 Å². The fourth-order valence-electron chi connectivity index (χ4n) is 5.59. The van der Waals surface area contributed by atoms with Crippen LogP contribution in [0.3, 0.4) is 0 Å². The number of nitrogens with zero attached hydrogens (tertiary/aromatic N) is 2. The predicted molar refractivity (Wildman–Crippen MR) is 177 cm³/mol. The molecule has 1 fully saturated rings. The van der Waals surface area contributed by atoms with Gasteiger partial charge < -0.3 is 29.5 Å². The van der Waals surface area contributed by atoms with Gasteiger partial charge in [0.2, 0.25) is 0 Å². The molecule has 1 aliphatic heterocycles. The molecule has 8 nitrogen and oxygen atoms in total. The molecule has 0 bridgehead atoms. The zero-order valence-electron chi connectivity index (χ0n) is 27.7. The number of ether oxygens (including phenoxy) is 3. The predicted octanol–water partition coefficient (Wildman–Crippen LogP) is 7.44. The Hall–Kier alpha value is -3.69. The van der Waals surface area contributed by atoms with Crippen LogP contribution in [-0.2, 0) is 20.7 Å². The minimum Gasteiger partial charge on any atom is -0.493 e. The highest BCUT2D eigenvalue weighted by Crippen LogP contribution is 2.46. The highest BCUT2D eigenvalue weighted by molar-refractivity contribution is 5.92. The second kappa shape index (κ2) is 14.6. The fourth-order valence-corrected chi connectivity index (χ4v) is 5.59. The zero-order valence-corrected chi connectivity index (χ0v) is 27.7. The van der Waals surface area contributed by atoms with Crippen molar-refractivity contribution in [3.8, 4) is 16.9 Å². The Kier molecular flexibility index (Phi) is 11.1. The average Bonchev–Trinajstić information content (AvgIpc) is 2.97. The molecule has 1 atom stereocenters. The zero-order chi connectivity index (χ0) is 32.8. The van der Waals surface area contributed by atoms with Crippen LogP contribution in [0.2, 0.25) is 0 Å². The number of aryl methyl sites for hydroxylation is 1. The van der Waals surface area contributed by atoms with Crippen LogP contribution < -0.4 is 15.0 Å². The Bertz CT molecular complexity index is 1430. The van der Waals surface area contributed by atoms with E-state index in [0.29, 0.717) is 49.0 Å². The van der Waals surface area contributed by atoms with Gasteiger partial charge in [-0.15, -0.1) is 0 Å². The lowest BCUT2D eigenvalue weighted by atomic mass is 9.82. The summed E-state index contributed by atoms with van der Waals surface area (Å²) in [5.74, 6) is 0.0607. The number of hydrogen-bond donors (Lipinski definition) is 2.